The second kappa shape index (κ2) is 9.68. The molecule has 2 aromatic carbocycles. The second-order valence-electron chi connectivity index (χ2n) is 8.39. The zero-order valence-corrected chi connectivity index (χ0v) is 18.9. The minimum Gasteiger partial charge on any atom is -0.467 e. The van der Waals surface area contributed by atoms with Crippen LogP contribution in [0.5, 0.6) is 0 Å². The summed E-state index contributed by atoms with van der Waals surface area (Å²) in [5, 5.41) is 13.7. The van der Waals surface area contributed by atoms with E-state index in [9.17, 15) is 19.7 Å². The summed E-state index contributed by atoms with van der Waals surface area (Å²) in [6, 6.07) is 12.9. The van der Waals surface area contributed by atoms with Gasteiger partial charge in [0.2, 0.25) is 0 Å². The Morgan fingerprint density at radius 1 is 1.18 bits per heavy atom. The van der Waals surface area contributed by atoms with Gasteiger partial charge in [-0.25, -0.2) is 14.6 Å². The maximum absolute atomic E-state index is 12.3. The van der Waals surface area contributed by atoms with Crippen LogP contribution in [0, 0.1) is 10.1 Å². The van der Waals surface area contributed by atoms with Crippen LogP contribution >= 0.6 is 0 Å². The van der Waals surface area contributed by atoms with Crippen LogP contribution in [0.3, 0.4) is 0 Å². The zero-order chi connectivity index (χ0) is 24.2. The highest BCUT2D eigenvalue weighted by Crippen LogP contribution is 2.26. The Hall–Kier alpha value is -3.95. The van der Waals surface area contributed by atoms with Crippen molar-refractivity contribution in [2.75, 3.05) is 7.11 Å². The van der Waals surface area contributed by atoms with Gasteiger partial charge in [-0.05, 0) is 45.4 Å². The monoisotopic (exact) mass is 454 g/mol. The number of carbonyl (C=O) groups is 2. The lowest BCUT2D eigenvalue weighted by molar-refractivity contribution is -0.384. The molecule has 0 spiro atoms. The topological polar surface area (TPSA) is 126 Å². The average Bonchev–Trinajstić information content (AvgIpc) is 3.12. The number of hydrogen-bond acceptors (Lipinski definition) is 7. The molecule has 10 nitrogen and oxygen atoms in total. The molecule has 1 atom stereocenters. The maximum Gasteiger partial charge on any atom is 0.408 e. The molecule has 1 heterocycles. The van der Waals surface area contributed by atoms with Crippen LogP contribution in [0.15, 0.2) is 48.5 Å². The number of benzene rings is 2. The number of nitrogens with one attached hydrogen (secondary N) is 1. The van der Waals surface area contributed by atoms with Crippen LogP contribution in [0.25, 0.3) is 16.7 Å². The van der Waals surface area contributed by atoms with Crippen LogP contribution in [0.1, 0.15) is 33.0 Å². The number of aromatic nitrogens is 2. The summed E-state index contributed by atoms with van der Waals surface area (Å²) in [5.41, 5.74) is 1.18. The highest BCUT2D eigenvalue weighted by atomic mass is 16.6. The minimum absolute atomic E-state index is 0.0641. The lowest BCUT2D eigenvalue weighted by Crippen LogP contribution is -2.44. The van der Waals surface area contributed by atoms with Gasteiger partial charge < -0.3 is 14.8 Å². The summed E-state index contributed by atoms with van der Waals surface area (Å²) in [4.78, 5) is 39.8. The van der Waals surface area contributed by atoms with Gasteiger partial charge in [0.05, 0.1) is 23.1 Å². The van der Waals surface area contributed by atoms with Crippen molar-refractivity contribution in [3.8, 4) is 5.69 Å². The molecule has 174 valence electrons. The molecule has 1 N–H and O–H groups in total. The largest absolute Gasteiger partial charge is 0.467 e. The number of para-hydroxylation sites is 1. The Balaban J connectivity index is 1.93. The van der Waals surface area contributed by atoms with Crippen LogP contribution in [0.2, 0.25) is 0 Å². The lowest BCUT2D eigenvalue weighted by Gasteiger charge is -2.22. The smallest absolute Gasteiger partial charge is 0.408 e. The van der Waals surface area contributed by atoms with E-state index in [1.165, 1.54) is 19.2 Å². The first kappa shape index (κ1) is 23.7. The molecular weight excluding hydrogens is 428 g/mol. The molecule has 0 saturated carbocycles. The van der Waals surface area contributed by atoms with E-state index >= 15 is 0 Å². The molecule has 33 heavy (non-hydrogen) atoms. The molecule has 1 aromatic heterocycles. The van der Waals surface area contributed by atoms with Gasteiger partial charge in [-0.1, -0.05) is 18.2 Å². The second-order valence-corrected chi connectivity index (χ2v) is 8.39. The van der Waals surface area contributed by atoms with Gasteiger partial charge in [-0.2, -0.15) is 0 Å². The number of hydrogen-bond donors (Lipinski definition) is 1. The number of imidazole rings is 1. The van der Waals surface area contributed by atoms with Gasteiger partial charge in [-0.3, -0.25) is 14.7 Å². The molecule has 0 radical (unpaired) electrons. The Morgan fingerprint density at radius 3 is 2.48 bits per heavy atom. The number of methoxy groups -OCH3 is 1. The number of nitro benzene ring substituents is 1. The van der Waals surface area contributed by atoms with Crippen molar-refractivity contribution in [2.45, 2.75) is 45.3 Å². The molecule has 0 fully saturated rings. The van der Waals surface area contributed by atoms with Crippen molar-refractivity contribution in [2.24, 2.45) is 0 Å². The fraction of sp³-hybridized carbons (Fsp3) is 0.348. The van der Waals surface area contributed by atoms with Crippen LogP contribution in [-0.2, 0) is 20.7 Å². The number of fused-ring (bicyclic) bond motifs is 1. The van der Waals surface area contributed by atoms with Crippen molar-refractivity contribution < 1.29 is 24.0 Å². The standard InChI is InChI=1S/C23H26N4O6/c1-23(2,3)33-22(29)25-17(21(28)32-4)11-13-20-24-18-14-16(27(30)31)10-12-19(18)26(20)15-8-6-5-7-9-15/h5-10,12,14,17H,11,13H2,1-4H3,(H,25,29). The summed E-state index contributed by atoms with van der Waals surface area (Å²) in [7, 11) is 1.24. The number of nitro groups is 1. The first-order valence-electron chi connectivity index (χ1n) is 10.4. The summed E-state index contributed by atoms with van der Waals surface area (Å²) < 4.78 is 12.0. The number of nitrogens with zero attached hydrogens (tertiary/aromatic N) is 3. The first-order chi connectivity index (χ1) is 15.6. The molecule has 0 aliphatic rings. The van der Waals surface area contributed by atoms with E-state index < -0.39 is 28.6 Å². The van der Waals surface area contributed by atoms with Gasteiger partial charge in [0, 0.05) is 24.2 Å². The summed E-state index contributed by atoms with van der Waals surface area (Å²) >= 11 is 0. The number of alkyl carbamates (subject to hydrolysis) is 1. The normalized spacial score (nSPS) is 12.2. The summed E-state index contributed by atoms with van der Waals surface area (Å²) in [6.07, 6.45) is -0.262. The van der Waals surface area contributed by atoms with Gasteiger partial charge in [0.25, 0.3) is 5.69 Å². The summed E-state index contributed by atoms with van der Waals surface area (Å²) in [5.74, 6) is -0.0320. The van der Waals surface area contributed by atoms with E-state index in [1.54, 1.807) is 26.8 Å². The van der Waals surface area contributed by atoms with Gasteiger partial charge in [-0.15, -0.1) is 0 Å². The first-order valence-corrected chi connectivity index (χ1v) is 10.4. The minimum atomic E-state index is -0.955. The van der Waals surface area contributed by atoms with Crippen LogP contribution in [0.4, 0.5) is 10.5 Å². The molecule has 0 saturated heterocycles. The number of ether oxygens (including phenoxy) is 2. The van der Waals surface area contributed by atoms with Gasteiger partial charge in [0.1, 0.15) is 17.5 Å². The molecule has 0 aliphatic carbocycles. The number of rotatable bonds is 7. The Labute approximate surface area is 190 Å². The molecule has 3 rings (SSSR count). The Bertz CT molecular complexity index is 1170. The SMILES string of the molecule is COC(=O)C(CCc1nc2cc([N+](=O)[O-])ccc2n1-c1ccccc1)NC(=O)OC(C)(C)C. The average molecular weight is 454 g/mol. The molecule has 10 heteroatoms. The highest BCUT2D eigenvalue weighted by molar-refractivity contribution is 5.82. The van der Waals surface area contributed by atoms with Crippen molar-refractivity contribution in [3.05, 3.63) is 64.5 Å². The van der Waals surface area contributed by atoms with Gasteiger partial charge in [0.15, 0.2) is 0 Å². The Morgan fingerprint density at radius 2 is 1.88 bits per heavy atom. The maximum atomic E-state index is 12.3. The quantitative estimate of drug-likeness (QED) is 0.326. The van der Waals surface area contributed by atoms with E-state index in [0.29, 0.717) is 16.9 Å². The van der Waals surface area contributed by atoms with Crippen molar-refractivity contribution in [1.29, 1.82) is 0 Å². The highest BCUT2D eigenvalue weighted by Gasteiger charge is 2.26. The number of amides is 1. The van der Waals surface area contributed by atoms with Crippen LogP contribution in [-0.4, -0.2) is 45.3 Å². The van der Waals surface area contributed by atoms with Gasteiger partial charge >= 0.3 is 12.1 Å². The third-order valence-corrected chi connectivity index (χ3v) is 4.77. The fourth-order valence-electron chi connectivity index (χ4n) is 3.38. The van der Waals surface area contributed by atoms with E-state index in [1.807, 2.05) is 34.9 Å². The molecule has 1 amide bonds. The Kier molecular flexibility index (Phi) is 6.95. The molecular formula is C23H26N4O6. The zero-order valence-electron chi connectivity index (χ0n) is 18.9. The third-order valence-electron chi connectivity index (χ3n) is 4.77. The molecule has 0 aliphatic heterocycles. The predicted octanol–water partition coefficient (Wildman–Crippen LogP) is 3.93. The van der Waals surface area contributed by atoms with E-state index in [0.717, 1.165) is 5.69 Å². The van der Waals surface area contributed by atoms with Crippen molar-refractivity contribution in [1.82, 2.24) is 14.9 Å². The lowest BCUT2D eigenvalue weighted by atomic mass is 10.1. The molecule has 3 aromatic rings. The van der Waals surface area contributed by atoms with E-state index in [4.69, 9.17) is 9.47 Å². The number of aryl methyl sites for hydroxylation is 1. The number of carbonyl (C=O) groups excluding carboxylic acids is 2. The predicted molar refractivity (Wildman–Crippen MR) is 121 cm³/mol. The number of non-ortho nitro benzene ring substituents is 1. The van der Waals surface area contributed by atoms with E-state index in [-0.39, 0.29) is 18.5 Å². The summed E-state index contributed by atoms with van der Waals surface area (Å²) in [6.45, 7) is 5.17. The van der Waals surface area contributed by atoms with Crippen LogP contribution < -0.4 is 5.32 Å². The molecule has 1 unspecified atom stereocenters. The van der Waals surface area contributed by atoms with E-state index in [2.05, 4.69) is 10.3 Å². The number of esters is 1. The molecule has 0 bridgehead atoms. The fourth-order valence-corrected chi connectivity index (χ4v) is 3.38. The van der Waals surface area contributed by atoms with Crippen molar-refractivity contribution >= 4 is 28.8 Å². The third kappa shape index (κ3) is 5.85. The van der Waals surface area contributed by atoms with Crippen molar-refractivity contribution in [3.63, 3.8) is 0 Å².